The highest BCUT2D eigenvalue weighted by molar-refractivity contribution is 7.23. The second-order valence-electron chi connectivity index (χ2n) is 12.8. The Hall–Kier alpha value is -4.88. The summed E-state index contributed by atoms with van der Waals surface area (Å²) in [7, 11) is 1.54. The number of hydrogen-bond acceptors (Lipinski definition) is 10. The molecule has 5 heterocycles. The average molecular weight is 713 g/mol. The molecule has 5 aromatic rings. The third kappa shape index (κ3) is 5.58. The van der Waals surface area contributed by atoms with Gasteiger partial charge in [0.05, 0.1) is 21.4 Å². The molecule has 16 heteroatoms. The van der Waals surface area contributed by atoms with Gasteiger partial charge < -0.3 is 21.1 Å². The zero-order valence-electron chi connectivity index (χ0n) is 26.8. The van der Waals surface area contributed by atoms with Gasteiger partial charge >= 0.3 is 12.2 Å². The Kier molecular flexibility index (Phi) is 8.18. The van der Waals surface area contributed by atoms with Crippen LogP contribution in [0, 0.1) is 29.9 Å². The zero-order chi connectivity index (χ0) is 35.7. The lowest BCUT2D eigenvalue weighted by molar-refractivity contribution is -0.137. The normalized spacial score (nSPS) is 19.3. The van der Waals surface area contributed by atoms with E-state index < -0.39 is 46.2 Å². The third-order valence-electron chi connectivity index (χ3n) is 9.55. The SMILES string of the molecule is Cc1ccc(CN(C)c2nc(OC[C@@]34CCCN3C[C@H](F)C4)nc3c(F)c(-c4ccc(F)c5sc(N)c(C#N)c45)c(C(F)(F)F)cc23)c(N)n1. The molecule has 50 heavy (non-hydrogen) atoms. The fraction of sp³-hybridized carbons (Fsp3) is 0.353. The summed E-state index contributed by atoms with van der Waals surface area (Å²) in [6.07, 6.45) is -4.45. The fourth-order valence-electron chi connectivity index (χ4n) is 7.26. The Bertz CT molecular complexity index is 2220. The van der Waals surface area contributed by atoms with Gasteiger partial charge in [0, 0.05) is 54.2 Å². The summed E-state index contributed by atoms with van der Waals surface area (Å²) in [5.74, 6) is -2.12. The quantitative estimate of drug-likeness (QED) is 0.169. The molecule has 0 aliphatic carbocycles. The van der Waals surface area contributed by atoms with E-state index in [2.05, 4.69) is 15.0 Å². The largest absolute Gasteiger partial charge is 0.461 e. The lowest BCUT2D eigenvalue weighted by atomic mass is 9.92. The van der Waals surface area contributed by atoms with Gasteiger partial charge in [0.2, 0.25) is 0 Å². The fourth-order valence-corrected chi connectivity index (χ4v) is 8.21. The maximum absolute atomic E-state index is 17.0. The number of thiophene rings is 1. The molecule has 0 amide bonds. The zero-order valence-corrected chi connectivity index (χ0v) is 27.7. The molecule has 2 aliphatic rings. The molecule has 2 fully saturated rings. The van der Waals surface area contributed by atoms with Crippen LogP contribution in [0.1, 0.15) is 41.6 Å². The van der Waals surface area contributed by atoms with Crippen LogP contribution in [0.5, 0.6) is 6.01 Å². The van der Waals surface area contributed by atoms with Crippen molar-refractivity contribution in [3.8, 4) is 23.2 Å². The van der Waals surface area contributed by atoms with Gasteiger partial charge in [-0.1, -0.05) is 12.1 Å². The monoisotopic (exact) mass is 712 g/mol. The van der Waals surface area contributed by atoms with Crippen LogP contribution in [0.4, 0.5) is 43.0 Å². The van der Waals surface area contributed by atoms with Gasteiger partial charge in [-0.15, -0.1) is 11.3 Å². The molecule has 3 aromatic heterocycles. The highest BCUT2D eigenvalue weighted by Gasteiger charge is 2.49. The molecule has 260 valence electrons. The molecule has 2 aliphatic heterocycles. The first-order chi connectivity index (χ1) is 23.7. The third-order valence-corrected chi connectivity index (χ3v) is 10.6. The number of benzene rings is 2. The van der Waals surface area contributed by atoms with E-state index in [-0.39, 0.29) is 75.4 Å². The Morgan fingerprint density at radius 3 is 2.66 bits per heavy atom. The molecule has 0 radical (unpaired) electrons. The molecule has 2 atom stereocenters. The number of fused-ring (bicyclic) bond motifs is 3. The molecular weight excluding hydrogens is 682 g/mol. The number of alkyl halides is 4. The Morgan fingerprint density at radius 2 is 1.94 bits per heavy atom. The number of ether oxygens (including phenoxy) is 1. The predicted molar refractivity (Wildman–Crippen MR) is 178 cm³/mol. The van der Waals surface area contributed by atoms with Crippen molar-refractivity contribution in [3.63, 3.8) is 0 Å². The minimum Gasteiger partial charge on any atom is -0.461 e. The first-order valence-electron chi connectivity index (χ1n) is 15.7. The number of nitriles is 1. The lowest BCUT2D eigenvalue weighted by Crippen LogP contribution is -2.43. The van der Waals surface area contributed by atoms with Crippen LogP contribution < -0.4 is 21.1 Å². The molecule has 9 nitrogen and oxygen atoms in total. The molecule has 0 bridgehead atoms. The van der Waals surface area contributed by atoms with Crippen LogP contribution >= 0.6 is 11.3 Å². The van der Waals surface area contributed by atoms with E-state index in [0.717, 1.165) is 24.6 Å². The number of aromatic nitrogens is 3. The van der Waals surface area contributed by atoms with E-state index >= 15 is 4.39 Å². The van der Waals surface area contributed by atoms with Crippen molar-refractivity contribution in [1.29, 1.82) is 5.26 Å². The van der Waals surface area contributed by atoms with Crippen molar-refractivity contribution in [1.82, 2.24) is 19.9 Å². The number of nitrogens with two attached hydrogens (primary N) is 2. The van der Waals surface area contributed by atoms with E-state index in [1.54, 1.807) is 26.1 Å². The van der Waals surface area contributed by atoms with Crippen LogP contribution in [0.25, 0.3) is 32.1 Å². The Balaban J connectivity index is 1.45. The van der Waals surface area contributed by atoms with E-state index in [9.17, 15) is 27.2 Å². The topological polar surface area (TPSA) is 130 Å². The van der Waals surface area contributed by atoms with Gasteiger partial charge in [-0.05, 0) is 50.1 Å². The summed E-state index contributed by atoms with van der Waals surface area (Å²) in [6, 6.07) is 7.56. The van der Waals surface area contributed by atoms with Gasteiger partial charge in [-0.2, -0.15) is 28.4 Å². The summed E-state index contributed by atoms with van der Waals surface area (Å²) >= 11 is 0.677. The summed E-state index contributed by atoms with van der Waals surface area (Å²) in [5.41, 5.74) is 9.16. The van der Waals surface area contributed by atoms with Gasteiger partial charge in [-0.3, -0.25) is 4.90 Å². The van der Waals surface area contributed by atoms with Crippen molar-refractivity contribution in [2.45, 2.75) is 50.6 Å². The van der Waals surface area contributed by atoms with Crippen molar-refractivity contribution >= 4 is 49.0 Å². The minimum absolute atomic E-state index is 0.0227. The summed E-state index contributed by atoms with van der Waals surface area (Å²) in [5, 5.41) is 9.15. The van der Waals surface area contributed by atoms with Gasteiger partial charge in [0.25, 0.3) is 0 Å². The van der Waals surface area contributed by atoms with Gasteiger partial charge in [0.15, 0.2) is 5.82 Å². The number of hydrogen-bond donors (Lipinski definition) is 2. The maximum atomic E-state index is 17.0. The van der Waals surface area contributed by atoms with Crippen LogP contribution in [-0.2, 0) is 12.7 Å². The summed E-state index contributed by atoms with van der Waals surface area (Å²) in [4.78, 5) is 16.5. The van der Waals surface area contributed by atoms with E-state index in [4.69, 9.17) is 16.2 Å². The minimum atomic E-state index is -5.12. The van der Waals surface area contributed by atoms with Crippen LogP contribution in [0.3, 0.4) is 0 Å². The number of rotatable bonds is 7. The van der Waals surface area contributed by atoms with Gasteiger partial charge in [0.1, 0.15) is 46.8 Å². The predicted octanol–water partition coefficient (Wildman–Crippen LogP) is 7.14. The molecule has 0 spiro atoms. The lowest BCUT2D eigenvalue weighted by Gasteiger charge is -2.31. The van der Waals surface area contributed by atoms with Crippen LogP contribution in [-0.4, -0.2) is 58.3 Å². The highest BCUT2D eigenvalue weighted by atomic mass is 32.1. The summed E-state index contributed by atoms with van der Waals surface area (Å²) in [6.45, 7) is 2.69. The number of halogens is 6. The highest BCUT2D eigenvalue weighted by Crippen LogP contribution is 2.48. The van der Waals surface area contributed by atoms with Crippen molar-refractivity contribution < 1.29 is 31.1 Å². The maximum Gasteiger partial charge on any atom is 0.417 e. The Labute approximate surface area is 286 Å². The molecule has 0 unspecified atom stereocenters. The van der Waals surface area contributed by atoms with Gasteiger partial charge in [-0.25, -0.2) is 18.2 Å². The molecular formula is C34H30F6N8OS. The van der Waals surface area contributed by atoms with Crippen molar-refractivity contribution in [2.75, 3.05) is 43.1 Å². The van der Waals surface area contributed by atoms with Crippen molar-refractivity contribution in [3.05, 3.63) is 64.4 Å². The number of nitrogen functional groups attached to an aromatic ring is 2. The van der Waals surface area contributed by atoms with Crippen molar-refractivity contribution in [2.24, 2.45) is 0 Å². The van der Waals surface area contributed by atoms with E-state index in [1.807, 2.05) is 11.0 Å². The second kappa shape index (κ2) is 12.2. The molecule has 2 saturated heterocycles. The van der Waals surface area contributed by atoms with Crippen LogP contribution in [0.15, 0.2) is 30.3 Å². The standard InChI is InChI=1S/C34H30F6N8OS/c1-16-4-5-17(29(42)44-16)13-47(2)31-20-10-22(34(38,39)40)25(19-6-7-23(36)28-24(19)21(12-41)30(43)50-28)26(37)27(20)45-32(46-31)49-15-33-8-3-9-48(33)14-18(35)11-33/h4-7,10,18H,3,8-9,11,13-15,43H2,1-2H3,(H2,42,44)/t18-,33+/m1/s1. The second-order valence-corrected chi connectivity index (χ2v) is 13.9. The molecule has 7 rings (SSSR count). The molecule has 0 saturated carbocycles. The number of anilines is 3. The molecule has 2 aromatic carbocycles. The van der Waals surface area contributed by atoms with Crippen LogP contribution in [0.2, 0.25) is 0 Å². The first kappa shape index (κ1) is 33.6. The Morgan fingerprint density at radius 1 is 1.16 bits per heavy atom. The summed E-state index contributed by atoms with van der Waals surface area (Å²) < 4.78 is 97.1. The number of aryl methyl sites for hydroxylation is 1. The average Bonchev–Trinajstić information content (AvgIpc) is 3.70. The number of nitrogens with zero attached hydrogens (tertiary/aromatic N) is 6. The van der Waals surface area contributed by atoms with E-state index in [0.29, 0.717) is 35.6 Å². The van der Waals surface area contributed by atoms with E-state index in [1.165, 1.54) is 4.90 Å². The first-order valence-corrected chi connectivity index (χ1v) is 16.5. The smallest absolute Gasteiger partial charge is 0.417 e. The molecule has 4 N–H and O–H groups in total. The number of pyridine rings is 1.